The summed E-state index contributed by atoms with van der Waals surface area (Å²) in [5.41, 5.74) is 3.03. The van der Waals surface area contributed by atoms with Crippen LogP contribution in [0.1, 0.15) is 105 Å². The van der Waals surface area contributed by atoms with Crippen molar-refractivity contribution in [2.45, 2.75) is 117 Å². The number of aliphatic hydroxyl groups excluding tert-OH is 2. The molecule has 0 saturated heterocycles. The Morgan fingerprint density at radius 2 is 1.68 bits per heavy atom. The van der Waals surface area contributed by atoms with Crippen LogP contribution in [-0.4, -0.2) is 22.4 Å². The molecule has 5 fully saturated rings. The number of allylic oxidation sites excluding steroid dienone is 1. The second-order valence-electron chi connectivity index (χ2n) is 13.7. The van der Waals surface area contributed by atoms with Gasteiger partial charge >= 0.3 is 0 Å². The topological polar surface area (TPSA) is 40.5 Å². The van der Waals surface area contributed by atoms with Crippen LogP contribution < -0.4 is 0 Å². The second kappa shape index (κ2) is 7.08. The lowest BCUT2D eigenvalue weighted by atomic mass is 9.43. The quantitative estimate of drug-likeness (QED) is 0.475. The van der Waals surface area contributed by atoms with Crippen molar-refractivity contribution < 1.29 is 10.2 Å². The van der Waals surface area contributed by atoms with E-state index in [2.05, 4.69) is 41.2 Å². The Bertz CT molecular complexity index is 743. The molecule has 5 aliphatic rings. The van der Waals surface area contributed by atoms with Gasteiger partial charge in [-0.15, -0.1) is 0 Å². The molecule has 0 radical (unpaired) electrons. The number of hydrogen-bond donors (Lipinski definition) is 2. The average Bonchev–Trinajstić information content (AvgIpc) is 3.29. The molecule has 0 unspecified atom stereocenters. The molecule has 0 heterocycles. The van der Waals surface area contributed by atoms with Crippen LogP contribution in [0.4, 0.5) is 0 Å². The highest BCUT2D eigenvalue weighted by molar-refractivity contribution is 5.30. The lowest BCUT2D eigenvalue weighted by molar-refractivity contribution is -0.164. The molecule has 0 bridgehead atoms. The maximum Gasteiger partial charge on any atom is 0.0577 e. The Morgan fingerprint density at radius 1 is 0.935 bits per heavy atom. The molecule has 2 heteroatoms. The molecule has 5 saturated carbocycles. The van der Waals surface area contributed by atoms with Crippen LogP contribution in [0.15, 0.2) is 12.2 Å². The highest BCUT2D eigenvalue weighted by Gasteiger charge is 2.81. The monoisotopic (exact) mass is 428 g/mol. The van der Waals surface area contributed by atoms with Crippen molar-refractivity contribution in [2.24, 2.45) is 51.2 Å². The van der Waals surface area contributed by atoms with E-state index >= 15 is 0 Å². The largest absolute Gasteiger partial charge is 0.393 e. The molecular weight excluding hydrogens is 380 g/mol. The van der Waals surface area contributed by atoms with E-state index in [9.17, 15) is 10.2 Å². The SMILES string of the molecule is C=C(CC[C@@H](C)[C@H]1CC[C@@]2(C)[C@H]3C[C@@H](O)[C@H]4C[C@@H](O)CC[C@@]45C[C@@]35CC[C@]12C)C(C)C. The number of hydrogen-bond acceptors (Lipinski definition) is 2. The fourth-order valence-corrected chi connectivity index (χ4v) is 10.4. The van der Waals surface area contributed by atoms with Gasteiger partial charge in [0, 0.05) is 0 Å². The number of fused-ring (bicyclic) bond motifs is 2. The molecule has 0 aromatic rings. The smallest absolute Gasteiger partial charge is 0.0577 e. The minimum Gasteiger partial charge on any atom is -0.393 e. The van der Waals surface area contributed by atoms with Crippen LogP contribution in [0.3, 0.4) is 0 Å². The van der Waals surface area contributed by atoms with E-state index in [-0.39, 0.29) is 12.2 Å². The van der Waals surface area contributed by atoms with E-state index in [1.165, 1.54) is 50.5 Å². The molecule has 176 valence electrons. The van der Waals surface area contributed by atoms with Gasteiger partial charge in [-0.05, 0) is 122 Å². The van der Waals surface area contributed by atoms with Crippen LogP contribution in [0.5, 0.6) is 0 Å². The van der Waals surface area contributed by atoms with Gasteiger partial charge in [0.25, 0.3) is 0 Å². The molecule has 0 aromatic heterocycles. The highest BCUT2D eigenvalue weighted by atomic mass is 16.3. The van der Waals surface area contributed by atoms with Crippen molar-refractivity contribution in [1.29, 1.82) is 0 Å². The molecule has 0 aromatic carbocycles. The minimum absolute atomic E-state index is 0.179. The zero-order valence-corrected chi connectivity index (χ0v) is 20.9. The summed E-state index contributed by atoms with van der Waals surface area (Å²) >= 11 is 0. The van der Waals surface area contributed by atoms with Gasteiger partial charge in [-0.25, -0.2) is 0 Å². The van der Waals surface area contributed by atoms with Crippen molar-refractivity contribution in [3.63, 3.8) is 0 Å². The van der Waals surface area contributed by atoms with Gasteiger partial charge in [0.15, 0.2) is 0 Å². The fourth-order valence-electron chi connectivity index (χ4n) is 10.4. The summed E-state index contributed by atoms with van der Waals surface area (Å²) < 4.78 is 0. The van der Waals surface area contributed by atoms with E-state index in [1.807, 2.05) is 0 Å². The van der Waals surface area contributed by atoms with Crippen LogP contribution in [-0.2, 0) is 0 Å². The molecule has 10 atom stereocenters. The summed E-state index contributed by atoms with van der Waals surface area (Å²) in [4.78, 5) is 0. The molecule has 2 spiro atoms. The molecule has 5 aliphatic carbocycles. The molecule has 0 aliphatic heterocycles. The summed E-state index contributed by atoms with van der Waals surface area (Å²) in [6.45, 7) is 16.7. The van der Waals surface area contributed by atoms with E-state index in [0.717, 1.165) is 37.5 Å². The van der Waals surface area contributed by atoms with Crippen LogP contribution in [0, 0.1) is 51.2 Å². The predicted molar refractivity (Wildman–Crippen MR) is 127 cm³/mol. The van der Waals surface area contributed by atoms with Crippen LogP contribution >= 0.6 is 0 Å². The summed E-state index contributed by atoms with van der Waals surface area (Å²) in [6.07, 6.45) is 12.9. The zero-order valence-electron chi connectivity index (χ0n) is 20.9. The summed E-state index contributed by atoms with van der Waals surface area (Å²) in [5.74, 6) is 3.22. The molecule has 0 amide bonds. The highest BCUT2D eigenvalue weighted by Crippen LogP contribution is 2.87. The third-order valence-corrected chi connectivity index (χ3v) is 12.6. The minimum atomic E-state index is -0.194. The first-order valence-electron chi connectivity index (χ1n) is 13.5. The third kappa shape index (κ3) is 2.82. The Balaban J connectivity index is 1.39. The van der Waals surface area contributed by atoms with E-state index in [4.69, 9.17) is 0 Å². The summed E-state index contributed by atoms with van der Waals surface area (Å²) in [7, 11) is 0. The first kappa shape index (κ1) is 22.5. The maximum atomic E-state index is 11.3. The third-order valence-electron chi connectivity index (χ3n) is 12.6. The molecule has 5 rings (SSSR count). The maximum absolute atomic E-state index is 11.3. The molecule has 31 heavy (non-hydrogen) atoms. The van der Waals surface area contributed by atoms with Gasteiger partial charge in [0.05, 0.1) is 12.2 Å². The Labute approximate surface area is 191 Å². The molecule has 2 nitrogen and oxygen atoms in total. The fraction of sp³-hybridized carbons (Fsp3) is 0.931. The van der Waals surface area contributed by atoms with E-state index in [1.54, 1.807) is 0 Å². The average molecular weight is 429 g/mol. The first-order valence-corrected chi connectivity index (χ1v) is 13.5. The van der Waals surface area contributed by atoms with Crippen LogP contribution in [0.25, 0.3) is 0 Å². The van der Waals surface area contributed by atoms with Gasteiger partial charge in [-0.2, -0.15) is 0 Å². The van der Waals surface area contributed by atoms with Gasteiger partial charge in [0.1, 0.15) is 0 Å². The van der Waals surface area contributed by atoms with E-state index in [0.29, 0.717) is 39.4 Å². The summed E-state index contributed by atoms with van der Waals surface area (Å²) in [5, 5.41) is 21.7. The second-order valence-corrected chi connectivity index (χ2v) is 13.7. The predicted octanol–water partition coefficient (Wildman–Crippen LogP) is 6.75. The normalized spacial score (nSPS) is 53.9. The van der Waals surface area contributed by atoms with Crippen molar-refractivity contribution >= 4 is 0 Å². The standard InChI is InChI=1S/C29H48O2/c1-18(2)19(3)7-8-20(4)22-10-11-27(6)25-16-24(31)23-15-21(30)9-12-28(23)17-29(25,28)14-13-26(22,27)5/h18,20-25,30-31H,3,7-17H2,1-2,4-6H3/t20-,21+,22-,23-,24-,25-,26-,27+,28-,29+/m1/s1. The zero-order chi connectivity index (χ0) is 22.4. The lowest BCUT2D eigenvalue weighted by Gasteiger charge is -2.62. The lowest BCUT2D eigenvalue weighted by Crippen LogP contribution is -2.57. The van der Waals surface area contributed by atoms with Crippen molar-refractivity contribution in [3.05, 3.63) is 12.2 Å². The van der Waals surface area contributed by atoms with Gasteiger partial charge in [-0.3, -0.25) is 0 Å². The number of aliphatic hydroxyl groups is 2. The molecular formula is C29H48O2. The number of rotatable bonds is 5. The van der Waals surface area contributed by atoms with Crippen LogP contribution in [0.2, 0.25) is 0 Å². The van der Waals surface area contributed by atoms with Gasteiger partial charge in [0.2, 0.25) is 0 Å². The Kier molecular flexibility index (Phi) is 5.13. The molecule has 2 N–H and O–H groups in total. The van der Waals surface area contributed by atoms with E-state index < -0.39 is 0 Å². The van der Waals surface area contributed by atoms with Crippen molar-refractivity contribution in [1.82, 2.24) is 0 Å². The van der Waals surface area contributed by atoms with Crippen molar-refractivity contribution in [3.8, 4) is 0 Å². The van der Waals surface area contributed by atoms with Crippen molar-refractivity contribution in [2.75, 3.05) is 0 Å². The summed E-state index contributed by atoms with van der Waals surface area (Å²) in [6, 6.07) is 0. The van der Waals surface area contributed by atoms with Gasteiger partial charge < -0.3 is 10.2 Å². The van der Waals surface area contributed by atoms with Gasteiger partial charge in [-0.1, -0.05) is 46.8 Å². The first-order chi connectivity index (χ1) is 14.5. The Morgan fingerprint density at radius 3 is 2.39 bits per heavy atom. The Hall–Kier alpha value is -0.340.